The summed E-state index contributed by atoms with van der Waals surface area (Å²) in [6, 6.07) is 0. The van der Waals surface area contributed by atoms with Gasteiger partial charge >= 0.3 is 0 Å². The van der Waals surface area contributed by atoms with Crippen LogP contribution in [0.15, 0.2) is 47.6 Å². The van der Waals surface area contributed by atoms with Crippen molar-refractivity contribution < 1.29 is 9.94 Å². The highest BCUT2D eigenvalue weighted by Crippen LogP contribution is 2.12. The number of allylic oxidation sites excluding steroid dienone is 5. The molecule has 1 heterocycles. The summed E-state index contributed by atoms with van der Waals surface area (Å²) in [5, 5.41) is 9.98. The Bertz CT molecular complexity index is 503. The lowest BCUT2D eigenvalue weighted by atomic mass is 10.0. The number of hydrogen-bond donors (Lipinski definition) is 2. The van der Waals surface area contributed by atoms with Gasteiger partial charge in [0.05, 0.1) is 0 Å². The zero-order valence-corrected chi connectivity index (χ0v) is 13.8. The van der Waals surface area contributed by atoms with Gasteiger partial charge in [-0.1, -0.05) is 60.8 Å². The monoisotopic (exact) mass is 301 g/mol. The summed E-state index contributed by atoms with van der Waals surface area (Å²) in [5.41, 5.74) is 5.23. The van der Waals surface area contributed by atoms with Crippen molar-refractivity contribution in [1.29, 1.82) is 0 Å². The highest BCUT2D eigenvalue weighted by molar-refractivity contribution is 5.33. The van der Waals surface area contributed by atoms with E-state index < -0.39 is 6.10 Å². The molecule has 0 saturated heterocycles. The lowest BCUT2D eigenvalue weighted by Crippen LogP contribution is -2.27. The van der Waals surface area contributed by atoms with Crippen LogP contribution in [0.1, 0.15) is 40.0 Å². The Kier molecular flexibility index (Phi) is 9.25. The minimum atomic E-state index is -0.609. The fraction of sp³-hybridized carbons (Fsp3) is 0.474. The first-order chi connectivity index (χ1) is 10.7. The summed E-state index contributed by atoms with van der Waals surface area (Å²) in [5.74, 6) is 5.91. The summed E-state index contributed by atoms with van der Waals surface area (Å²) in [6.07, 6.45) is 13.5. The first-order valence-electron chi connectivity index (χ1n) is 7.92. The second-order valence-corrected chi connectivity index (χ2v) is 5.11. The Morgan fingerprint density at radius 3 is 2.86 bits per heavy atom. The zero-order valence-electron chi connectivity index (χ0n) is 13.8. The van der Waals surface area contributed by atoms with Gasteiger partial charge in [-0.15, -0.1) is 0 Å². The van der Waals surface area contributed by atoms with Crippen LogP contribution in [0, 0.1) is 11.8 Å². The molecule has 1 aliphatic rings. The molecule has 2 unspecified atom stereocenters. The molecule has 0 aromatic rings. The Labute approximate surface area is 134 Å². The van der Waals surface area contributed by atoms with Crippen molar-refractivity contribution in [3.63, 3.8) is 0 Å². The Morgan fingerprint density at radius 1 is 1.36 bits per heavy atom. The molecule has 120 valence electrons. The Hall–Kier alpha value is -1.60. The normalized spacial score (nSPS) is 26.4. The number of rotatable bonds is 4. The van der Waals surface area contributed by atoms with Crippen LogP contribution in [0.2, 0.25) is 0 Å². The number of hydroxylamine groups is 1. The summed E-state index contributed by atoms with van der Waals surface area (Å²) in [6.45, 7) is 6.70. The smallest absolute Gasteiger partial charge is 0.164 e. The quantitative estimate of drug-likeness (QED) is 0.475. The van der Waals surface area contributed by atoms with E-state index in [0.717, 1.165) is 18.4 Å². The molecule has 0 aromatic carbocycles. The van der Waals surface area contributed by atoms with Crippen LogP contribution in [0.3, 0.4) is 0 Å². The highest BCUT2D eigenvalue weighted by atomic mass is 16.7. The van der Waals surface area contributed by atoms with E-state index in [0.29, 0.717) is 13.0 Å². The molecule has 22 heavy (non-hydrogen) atoms. The molecule has 0 saturated carbocycles. The number of hydrogen-bond acceptors (Lipinski definition) is 3. The molecule has 3 nitrogen and oxygen atoms in total. The van der Waals surface area contributed by atoms with Crippen LogP contribution in [-0.2, 0) is 4.84 Å². The molecule has 0 amide bonds. The zero-order chi connectivity index (χ0) is 16.2. The topological polar surface area (TPSA) is 41.5 Å². The van der Waals surface area contributed by atoms with E-state index in [9.17, 15) is 5.11 Å². The van der Waals surface area contributed by atoms with Gasteiger partial charge in [-0.05, 0) is 38.7 Å². The molecular formula is C19H27NO2. The van der Waals surface area contributed by atoms with E-state index in [-0.39, 0.29) is 6.10 Å². The lowest BCUT2D eigenvalue weighted by Gasteiger charge is -2.17. The van der Waals surface area contributed by atoms with Crippen LogP contribution in [0.25, 0.3) is 0 Å². The predicted octanol–water partition coefficient (Wildman–Crippen LogP) is 3.45. The average molecular weight is 301 g/mol. The summed E-state index contributed by atoms with van der Waals surface area (Å²) < 4.78 is 0. The Morgan fingerprint density at radius 2 is 2.18 bits per heavy atom. The first-order valence-corrected chi connectivity index (χ1v) is 7.92. The fourth-order valence-electron chi connectivity index (χ4n) is 2.13. The molecule has 1 rings (SSSR count). The molecule has 0 spiro atoms. The van der Waals surface area contributed by atoms with E-state index in [1.54, 1.807) is 0 Å². The number of aliphatic hydroxyl groups is 1. The second kappa shape index (κ2) is 11.0. The summed E-state index contributed by atoms with van der Waals surface area (Å²) >= 11 is 0. The molecule has 0 aliphatic carbocycles. The maximum Gasteiger partial charge on any atom is 0.164 e. The molecule has 0 aromatic heterocycles. The minimum absolute atomic E-state index is 0.387. The lowest BCUT2D eigenvalue weighted by molar-refractivity contribution is 0.0289. The van der Waals surface area contributed by atoms with Gasteiger partial charge in [0, 0.05) is 6.54 Å². The molecule has 2 atom stereocenters. The van der Waals surface area contributed by atoms with Crippen LogP contribution in [0.4, 0.5) is 0 Å². The van der Waals surface area contributed by atoms with Gasteiger partial charge in [0.15, 0.2) is 6.10 Å². The SMILES string of the molecule is C\C=C/C=C\C(=C/C)C1C#CC(O)CC/C(=C\CC)CNO1. The molecular weight excluding hydrogens is 274 g/mol. The van der Waals surface area contributed by atoms with Crippen LogP contribution in [0.5, 0.6) is 0 Å². The highest BCUT2D eigenvalue weighted by Gasteiger charge is 2.12. The third-order valence-electron chi connectivity index (χ3n) is 3.34. The molecule has 0 fully saturated rings. The molecule has 0 bridgehead atoms. The van der Waals surface area contributed by atoms with E-state index in [4.69, 9.17) is 4.84 Å². The van der Waals surface area contributed by atoms with Crippen molar-refractivity contribution in [2.45, 2.75) is 52.2 Å². The van der Waals surface area contributed by atoms with Gasteiger partial charge in [0.25, 0.3) is 0 Å². The molecule has 2 N–H and O–H groups in total. The van der Waals surface area contributed by atoms with Crippen molar-refractivity contribution in [2.24, 2.45) is 0 Å². The number of aliphatic hydroxyl groups excluding tert-OH is 1. The van der Waals surface area contributed by atoms with Gasteiger partial charge in [-0.2, -0.15) is 5.48 Å². The summed E-state index contributed by atoms with van der Waals surface area (Å²) in [4.78, 5) is 5.71. The molecule has 1 aliphatic heterocycles. The second-order valence-electron chi connectivity index (χ2n) is 5.11. The largest absolute Gasteiger partial charge is 0.380 e. The van der Waals surface area contributed by atoms with Gasteiger partial charge < -0.3 is 5.11 Å². The van der Waals surface area contributed by atoms with Gasteiger partial charge in [-0.3, -0.25) is 4.84 Å². The van der Waals surface area contributed by atoms with Crippen LogP contribution >= 0.6 is 0 Å². The van der Waals surface area contributed by atoms with Crippen molar-refractivity contribution in [1.82, 2.24) is 5.48 Å². The average Bonchev–Trinajstić information content (AvgIpc) is 2.52. The molecule has 0 radical (unpaired) electrons. The van der Waals surface area contributed by atoms with Crippen molar-refractivity contribution >= 4 is 0 Å². The van der Waals surface area contributed by atoms with Gasteiger partial charge in [-0.25, -0.2) is 0 Å². The van der Waals surface area contributed by atoms with Crippen LogP contribution in [-0.4, -0.2) is 23.9 Å². The van der Waals surface area contributed by atoms with Gasteiger partial charge in [0.2, 0.25) is 0 Å². The van der Waals surface area contributed by atoms with E-state index in [2.05, 4.69) is 30.3 Å². The minimum Gasteiger partial charge on any atom is -0.380 e. The third-order valence-corrected chi connectivity index (χ3v) is 3.34. The predicted molar refractivity (Wildman–Crippen MR) is 92.0 cm³/mol. The van der Waals surface area contributed by atoms with E-state index >= 15 is 0 Å². The van der Waals surface area contributed by atoms with Gasteiger partial charge in [0.1, 0.15) is 6.10 Å². The van der Waals surface area contributed by atoms with Crippen molar-refractivity contribution in [3.8, 4) is 11.8 Å². The van der Waals surface area contributed by atoms with Crippen molar-refractivity contribution in [2.75, 3.05) is 6.54 Å². The fourth-order valence-corrected chi connectivity index (χ4v) is 2.13. The van der Waals surface area contributed by atoms with Crippen LogP contribution < -0.4 is 5.48 Å². The molecule has 3 heteroatoms. The third kappa shape index (κ3) is 6.91. The summed E-state index contributed by atoms with van der Waals surface area (Å²) in [7, 11) is 0. The maximum absolute atomic E-state index is 9.98. The first kappa shape index (κ1) is 18.4. The van der Waals surface area contributed by atoms with E-state index in [1.165, 1.54) is 5.57 Å². The van der Waals surface area contributed by atoms with Crippen molar-refractivity contribution in [3.05, 3.63) is 47.6 Å². The standard InChI is InChI=1S/C19H27NO2/c1-4-7-8-10-17(6-3)19-14-13-18(21)12-11-16(9-5-2)15-20-22-19/h4,6-10,18-21H,5,11-12,15H2,1-3H3/b7-4-,10-8-,16-9+,17-6+. The maximum atomic E-state index is 9.98. The van der Waals surface area contributed by atoms with E-state index in [1.807, 2.05) is 44.2 Å². The Balaban J connectivity index is 2.88. The number of nitrogens with one attached hydrogen (secondary N) is 1.